The molecule has 1 saturated carbocycles. The minimum absolute atomic E-state index is 0.000124. The molecule has 2 aliphatic rings. The van der Waals surface area contributed by atoms with Gasteiger partial charge in [-0.2, -0.15) is 0 Å². The zero-order chi connectivity index (χ0) is 15.8. The number of hydrogen-bond acceptors (Lipinski definition) is 3. The lowest BCUT2D eigenvalue weighted by Crippen LogP contribution is -2.52. The van der Waals surface area contributed by atoms with Gasteiger partial charge in [0.05, 0.1) is 28.0 Å². The lowest BCUT2D eigenvalue weighted by molar-refractivity contribution is -0.122. The molecule has 1 N–H and O–H groups in total. The van der Waals surface area contributed by atoms with Gasteiger partial charge in [-0.25, -0.2) is 9.97 Å². The van der Waals surface area contributed by atoms with E-state index in [1.807, 2.05) is 24.3 Å². The van der Waals surface area contributed by atoms with Crippen molar-refractivity contribution in [3.05, 3.63) is 35.7 Å². The predicted octanol–water partition coefficient (Wildman–Crippen LogP) is 3.05. The van der Waals surface area contributed by atoms with Crippen molar-refractivity contribution >= 4 is 16.9 Å². The number of aromatic nitrogens is 2. The lowest BCUT2D eigenvalue weighted by Gasteiger charge is -2.41. The quantitative estimate of drug-likeness (QED) is 0.879. The van der Waals surface area contributed by atoms with Crippen molar-refractivity contribution in [2.45, 2.75) is 51.5 Å². The van der Waals surface area contributed by atoms with Crippen LogP contribution in [0.25, 0.3) is 11.0 Å². The first-order valence-electron chi connectivity index (χ1n) is 7.88. The van der Waals surface area contributed by atoms with E-state index in [2.05, 4.69) is 26.1 Å². The number of amides is 1. The summed E-state index contributed by atoms with van der Waals surface area (Å²) in [6.07, 6.45) is 1.95. The Labute approximate surface area is 130 Å². The number of carbonyl (C=O) groups excluding carboxylic acids is 1. The molecule has 0 saturated heterocycles. The first-order chi connectivity index (χ1) is 10.3. The molecule has 2 atom stereocenters. The Balaban J connectivity index is 2.07. The standard InChI is InChI=1S/C18H21N3O/c1-11(22)21-18-10-9-17(4,16(18,2)3)14-15(18)20-13-8-6-5-7-12(13)19-14/h5-8H,9-10H2,1-4H3,(H,21,22)/t17-,18+/m1/s1. The van der Waals surface area contributed by atoms with Gasteiger partial charge in [0.2, 0.25) is 5.91 Å². The normalized spacial score (nSPS) is 31.3. The number of nitrogens with one attached hydrogen (secondary N) is 1. The molecule has 0 aliphatic heterocycles. The van der Waals surface area contributed by atoms with E-state index in [0.717, 1.165) is 35.3 Å². The second-order valence-corrected chi connectivity index (χ2v) is 7.45. The number of hydrogen-bond donors (Lipinski definition) is 1. The molecule has 2 aliphatic carbocycles. The molecule has 2 aromatic rings. The van der Waals surface area contributed by atoms with Crippen LogP contribution in [0.1, 0.15) is 51.9 Å². The smallest absolute Gasteiger partial charge is 0.217 e. The van der Waals surface area contributed by atoms with Gasteiger partial charge in [0, 0.05) is 17.8 Å². The van der Waals surface area contributed by atoms with Crippen LogP contribution in [0.15, 0.2) is 24.3 Å². The Bertz CT molecular complexity index is 813. The highest BCUT2D eigenvalue weighted by Crippen LogP contribution is 2.68. The van der Waals surface area contributed by atoms with E-state index >= 15 is 0 Å². The molecule has 4 rings (SSSR count). The maximum absolute atomic E-state index is 11.9. The summed E-state index contributed by atoms with van der Waals surface area (Å²) in [5, 5.41) is 3.24. The molecule has 1 amide bonds. The minimum Gasteiger partial charge on any atom is -0.345 e. The maximum atomic E-state index is 11.9. The topological polar surface area (TPSA) is 54.9 Å². The predicted molar refractivity (Wildman–Crippen MR) is 85.4 cm³/mol. The zero-order valence-corrected chi connectivity index (χ0v) is 13.5. The number of rotatable bonds is 1. The van der Waals surface area contributed by atoms with Crippen LogP contribution in [0.3, 0.4) is 0 Å². The Hall–Kier alpha value is -1.97. The molecule has 4 nitrogen and oxygen atoms in total. The van der Waals surface area contributed by atoms with Gasteiger partial charge < -0.3 is 5.32 Å². The van der Waals surface area contributed by atoms with Crippen LogP contribution in [0.2, 0.25) is 0 Å². The van der Waals surface area contributed by atoms with Gasteiger partial charge in [-0.1, -0.05) is 32.9 Å². The van der Waals surface area contributed by atoms with Crippen molar-refractivity contribution in [2.24, 2.45) is 5.41 Å². The average Bonchev–Trinajstić information content (AvgIpc) is 2.74. The van der Waals surface area contributed by atoms with Crippen LogP contribution in [0.4, 0.5) is 0 Å². The third-order valence-corrected chi connectivity index (χ3v) is 6.33. The number of benzene rings is 1. The molecule has 2 bridgehead atoms. The zero-order valence-electron chi connectivity index (χ0n) is 13.5. The van der Waals surface area contributed by atoms with E-state index < -0.39 is 5.54 Å². The molecular formula is C18H21N3O. The Morgan fingerprint density at radius 2 is 1.64 bits per heavy atom. The summed E-state index contributed by atoms with van der Waals surface area (Å²) in [5.74, 6) is 0.000124. The molecule has 1 heterocycles. The monoisotopic (exact) mass is 295 g/mol. The van der Waals surface area contributed by atoms with Crippen molar-refractivity contribution in [1.82, 2.24) is 15.3 Å². The van der Waals surface area contributed by atoms with E-state index in [0.29, 0.717) is 0 Å². The summed E-state index contributed by atoms with van der Waals surface area (Å²) < 4.78 is 0. The van der Waals surface area contributed by atoms with Gasteiger partial charge in [-0.3, -0.25) is 4.79 Å². The number of fused-ring (bicyclic) bond motifs is 6. The highest BCUT2D eigenvalue weighted by Gasteiger charge is 2.70. The van der Waals surface area contributed by atoms with Crippen LogP contribution < -0.4 is 5.32 Å². The molecule has 0 unspecified atom stereocenters. The summed E-state index contributed by atoms with van der Waals surface area (Å²) >= 11 is 0. The summed E-state index contributed by atoms with van der Waals surface area (Å²) in [6, 6.07) is 7.98. The van der Waals surface area contributed by atoms with Crippen LogP contribution in [0, 0.1) is 5.41 Å². The summed E-state index contributed by atoms with van der Waals surface area (Å²) in [4.78, 5) is 21.8. The van der Waals surface area contributed by atoms with Crippen molar-refractivity contribution in [3.8, 4) is 0 Å². The largest absolute Gasteiger partial charge is 0.345 e. The fourth-order valence-corrected chi connectivity index (χ4v) is 4.62. The van der Waals surface area contributed by atoms with Gasteiger partial charge in [-0.05, 0) is 25.0 Å². The van der Waals surface area contributed by atoms with Gasteiger partial charge >= 0.3 is 0 Å². The number of carbonyl (C=O) groups is 1. The van der Waals surface area contributed by atoms with E-state index in [1.54, 1.807) is 6.92 Å². The fourth-order valence-electron chi connectivity index (χ4n) is 4.62. The summed E-state index contributed by atoms with van der Waals surface area (Å²) in [6.45, 7) is 8.34. The molecule has 0 radical (unpaired) electrons. The second kappa shape index (κ2) is 3.86. The molecular weight excluding hydrogens is 274 g/mol. The van der Waals surface area contributed by atoms with Gasteiger partial charge in [0.15, 0.2) is 0 Å². The van der Waals surface area contributed by atoms with Gasteiger partial charge in [0.1, 0.15) is 0 Å². The molecule has 4 heteroatoms. The van der Waals surface area contributed by atoms with Crippen molar-refractivity contribution in [1.29, 1.82) is 0 Å². The SMILES string of the molecule is CC(=O)N[C@@]12CC[C@](C)(c3nc4ccccc4nc31)C2(C)C. The molecule has 0 spiro atoms. The Kier molecular flexibility index (Phi) is 2.40. The van der Waals surface area contributed by atoms with Crippen molar-refractivity contribution in [3.63, 3.8) is 0 Å². The Morgan fingerprint density at radius 3 is 2.23 bits per heavy atom. The Morgan fingerprint density at radius 1 is 1.05 bits per heavy atom. The van der Waals surface area contributed by atoms with E-state index in [4.69, 9.17) is 9.97 Å². The van der Waals surface area contributed by atoms with Crippen LogP contribution in [-0.4, -0.2) is 15.9 Å². The third-order valence-electron chi connectivity index (χ3n) is 6.33. The average molecular weight is 295 g/mol. The summed E-state index contributed by atoms with van der Waals surface area (Å²) in [5.41, 5.74) is 3.31. The maximum Gasteiger partial charge on any atom is 0.217 e. The summed E-state index contributed by atoms with van der Waals surface area (Å²) in [7, 11) is 0. The lowest BCUT2D eigenvalue weighted by atomic mass is 9.67. The molecule has 1 aromatic heterocycles. The number of para-hydroxylation sites is 2. The molecule has 22 heavy (non-hydrogen) atoms. The molecule has 1 aromatic carbocycles. The third kappa shape index (κ3) is 1.32. The van der Waals surface area contributed by atoms with Gasteiger partial charge in [-0.15, -0.1) is 0 Å². The fraction of sp³-hybridized carbons (Fsp3) is 0.500. The van der Waals surface area contributed by atoms with Crippen LogP contribution >= 0.6 is 0 Å². The van der Waals surface area contributed by atoms with Crippen LogP contribution in [-0.2, 0) is 15.7 Å². The van der Waals surface area contributed by atoms with Gasteiger partial charge in [0.25, 0.3) is 0 Å². The van der Waals surface area contributed by atoms with E-state index in [-0.39, 0.29) is 16.7 Å². The minimum atomic E-state index is -0.403. The first-order valence-corrected chi connectivity index (χ1v) is 7.88. The molecule has 1 fully saturated rings. The van der Waals surface area contributed by atoms with Crippen LogP contribution in [0.5, 0.6) is 0 Å². The van der Waals surface area contributed by atoms with Crippen molar-refractivity contribution in [2.75, 3.05) is 0 Å². The second-order valence-electron chi connectivity index (χ2n) is 7.45. The highest BCUT2D eigenvalue weighted by molar-refractivity contribution is 5.78. The first kappa shape index (κ1) is 13.7. The van der Waals surface area contributed by atoms with E-state index in [9.17, 15) is 4.79 Å². The highest BCUT2D eigenvalue weighted by atomic mass is 16.1. The van der Waals surface area contributed by atoms with E-state index in [1.165, 1.54) is 0 Å². The molecule has 114 valence electrons. The van der Waals surface area contributed by atoms with Crippen molar-refractivity contribution < 1.29 is 4.79 Å². The number of nitrogens with zero attached hydrogens (tertiary/aromatic N) is 2.